The SMILES string of the molecule is CC(C)C(CCN)CCC(=O)NCc1cc[nH]c1. The van der Waals surface area contributed by atoms with Gasteiger partial charge in [-0.15, -0.1) is 0 Å². The lowest BCUT2D eigenvalue weighted by Crippen LogP contribution is -2.24. The Hall–Kier alpha value is -1.29. The second kappa shape index (κ2) is 7.93. The van der Waals surface area contributed by atoms with Crippen molar-refractivity contribution >= 4 is 5.91 Å². The third kappa shape index (κ3) is 5.36. The van der Waals surface area contributed by atoms with Crippen LogP contribution in [0.15, 0.2) is 18.5 Å². The van der Waals surface area contributed by atoms with Crippen LogP contribution in [0.4, 0.5) is 0 Å². The van der Waals surface area contributed by atoms with E-state index < -0.39 is 0 Å². The van der Waals surface area contributed by atoms with Crippen LogP contribution in [0, 0.1) is 11.8 Å². The number of amides is 1. The Morgan fingerprint density at radius 1 is 1.44 bits per heavy atom. The van der Waals surface area contributed by atoms with Gasteiger partial charge in [-0.1, -0.05) is 13.8 Å². The zero-order valence-electron chi connectivity index (χ0n) is 11.4. The largest absolute Gasteiger partial charge is 0.367 e. The summed E-state index contributed by atoms with van der Waals surface area (Å²) >= 11 is 0. The molecule has 1 amide bonds. The molecule has 1 rings (SSSR count). The first-order valence-electron chi connectivity index (χ1n) is 6.72. The summed E-state index contributed by atoms with van der Waals surface area (Å²) in [7, 11) is 0. The molecule has 0 saturated heterocycles. The van der Waals surface area contributed by atoms with Gasteiger partial charge < -0.3 is 16.0 Å². The van der Waals surface area contributed by atoms with Gasteiger partial charge in [-0.2, -0.15) is 0 Å². The summed E-state index contributed by atoms with van der Waals surface area (Å²) in [6.45, 7) is 5.69. The van der Waals surface area contributed by atoms with Crippen molar-refractivity contribution in [3.05, 3.63) is 24.0 Å². The molecular formula is C14H25N3O. The number of nitrogens with one attached hydrogen (secondary N) is 2. The summed E-state index contributed by atoms with van der Waals surface area (Å²) in [4.78, 5) is 14.7. The van der Waals surface area contributed by atoms with Crippen LogP contribution in [-0.2, 0) is 11.3 Å². The molecule has 0 aliphatic carbocycles. The molecule has 1 heterocycles. The van der Waals surface area contributed by atoms with Crippen LogP contribution >= 0.6 is 0 Å². The van der Waals surface area contributed by atoms with Crippen molar-refractivity contribution in [3.8, 4) is 0 Å². The maximum Gasteiger partial charge on any atom is 0.220 e. The Balaban J connectivity index is 2.23. The van der Waals surface area contributed by atoms with Crippen molar-refractivity contribution in [2.75, 3.05) is 6.54 Å². The number of aromatic amines is 1. The van der Waals surface area contributed by atoms with E-state index in [-0.39, 0.29) is 5.91 Å². The van der Waals surface area contributed by atoms with Crippen LogP contribution in [0.25, 0.3) is 0 Å². The zero-order chi connectivity index (χ0) is 13.4. The van der Waals surface area contributed by atoms with Gasteiger partial charge in [0.1, 0.15) is 0 Å². The van der Waals surface area contributed by atoms with Crippen LogP contribution in [0.3, 0.4) is 0 Å². The molecule has 0 aromatic carbocycles. The minimum atomic E-state index is 0.124. The van der Waals surface area contributed by atoms with E-state index in [1.807, 2.05) is 18.5 Å². The number of hydrogen-bond acceptors (Lipinski definition) is 2. The summed E-state index contributed by atoms with van der Waals surface area (Å²) in [5.74, 6) is 1.26. The number of H-pyrrole nitrogens is 1. The summed E-state index contributed by atoms with van der Waals surface area (Å²) in [6.07, 6.45) is 6.27. The molecule has 1 aromatic rings. The van der Waals surface area contributed by atoms with E-state index in [1.165, 1.54) is 0 Å². The van der Waals surface area contributed by atoms with E-state index in [9.17, 15) is 4.79 Å². The van der Waals surface area contributed by atoms with Gasteiger partial charge in [0.25, 0.3) is 0 Å². The lowest BCUT2D eigenvalue weighted by molar-refractivity contribution is -0.121. The van der Waals surface area contributed by atoms with Crippen LogP contribution in [0.2, 0.25) is 0 Å². The van der Waals surface area contributed by atoms with Crippen LogP contribution < -0.4 is 11.1 Å². The molecule has 0 fully saturated rings. The van der Waals surface area contributed by atoms with Crippen molar-refractivity contribution in [2.45, 2.75) is 39.7 Å². The van der Waals surface area contributed by atoms with Crippen molar-refractivity contribution in [1.29, 1.82) is 0 Å². The number of carbonyl (C=O) groups is 1. The maximum absolute atomic E-state index is 11.7. The fourth-order valence-electron chi connectivity index (χ4n) is 2.10. The minimum absolute atomic E-state index is 0.124. The average Bonchev–Trinajstić information content (AvgIpc) is 2.84. The van der Waals surface area contributed by atoms with E-state index in [4.69, 9.17) is 5.73 Å². The summed E-state index contributed by atoms with van der Waals surface area (Å²) in [6, 6.07) is 1.96. The number of aromatic nitrogens is 1. The van der Waals surface area contributed by atoms with Gasteiger partial charge in [0.2, 0.25) is 5.91 Å². The van der Waals surface area contributed by atoms with Gasteiger partial charge in [0.15, 0.2) is 0 Å². The standard InChI is InChI=1S/C14H25N3O/c1-11(2)13(5-7-15)3-4-14(18)17-10-12-6-8-16-9-12/h6,8-9,11,13,16H,3-5,7,10,15H2,1-2H3,(H,17,18). The maximum atomic E-state index is 11.7. The molecule has 0 bridgehead atoms. The van der Waals surface area contributed by atoms with E-state index in [1.54, 1.807) is 0 Å². The molecule has 4 nitrogen and oxygen atoms in total. The number of nitrogens with two attached hydrogens (primary N) is 1. The zero-order valence-corrected chi connectivity index (χ0v) is 11.4. The average molecular weight is 251 g/mol. The molecule has 18 heavy (non-hydrogen) atoms. The van der Waals surface area contributed by atoms with Crippen molar-refractivity contribution in [3.63, 3.8) is 0 Å². The van der Waals surface area contributed by atoms with Crippen LogP contribution in [0.1, 0.15) is 38.7 Å². The topological polar surface area (TPSA) is 70.9 Å². The van der Waals surface area contributed by atoms with Gasteiger partial charge in [-0.3, -0.25) is 4.79 Å². The quantitative estimate of drug-likeness (QED) is 0.661. The van der Waals surface area contributed by atoms with E-state index >= 15 is 0 Å². The predicted octanol–water partition coefficient (Wildman–Crippen LogP) is 2.03. The molecule has 4 N–H and O–H groups in total. The van der Waals surface area contributed by atoms with E-state index in [0.29, 0.717) is 31.3 Å². The highest BCUT2D eigenvalue weighted by molar-refractivity contribution is 5.75. The molecule has 102 valence electrons. The molecular weight excluding hydrogens is 226 g/mol. The molecule has 0 saturated carbocycles. The highest BCUT2D eigenvalue weighted by Crippen LogP contribution is 2.20. The smallest absolute Gasteiger partial charge is 0.220 e. The minimum Gasteiger partial charge on any atom is -0.367 e. The third-order valence-electron chi connectivity index (χ3n) is 3.37. The van der Waals surface area contributed by atoms with Crippen molar-refractivity contribution in [1.82, 2.24) is 10.3 Å². The molecule has 0 aliphatic rings. The highest BCUT2D eigenvalue weighted by atomic mass is 16.1. The van der Waals surface area contributed by atoms with Gasteiger partial charge in [-0.05, 0) is 42.9 Å². The number of hydrogen-bond donors (Lipinski definition) is 3. The second-order valence-corrected chi connectivity index (χ2v) is 5.12. The Labute approximate surface area is 109 Å². The van der Waals surface area contributed by atoms with Gasteiger partial charge in [0, 0.05) is 25.4 Å². The summed E-state index contributed by atoms with van der Waals surface area (Å²) in [5.41, 5.74) is 6.69. The fourth-order valence-corrected chi connectivity index (χ4v) is 2.10. The van der Waals surface area contributed by atoms with E-state index in [2.05, 4.69) is 24.1 Å². The van der Waals surface area contributed by atoms with Gasteiger partial charge >= 0.3 is 0 Å². The Kier molecular flexibility index (Phi) is 6.50. The highest BCUT2D eigenvalue weighted by Gasteiger charge is 2.14. The van der Waals surface area contributed by atoms with Gasteiger partial charge in [-0.25, -0.2) is 0 Å². The molecule has 1 aromatic heterocycles. The van der Waals surface area contributed by atoms with Crippen molar-refractivity contribution < 1.29 is 4.79 Å². The number of carbonyl (C=O) groups excluding carboxylic acids is 1. The molecule has 0 aliphatic heterocycles. The third-order valence-corrected chi connectivity index (χ3v) is 3.37. The van der Waals surface area contributed by atoms with E-state index in [0.717, 1.165) is 18.4 Å². The molecule has 1 unspecified atom stereocenters. The van der Waals surface area contributed by atoms with Crippen LogP contribution in [0.5, 0.6) is 0 Å². The lowest BCUT2D eigenvalue weighted by atomic mass is 9.88. The second-order valence-electron chi connectivity index (χ2n) is 5.12. The molecule has 1 atom stereocenters. The first kappa shape index (κ1) is 14.8. The Morgan fingerprint density at radius 2 is 2.22 bits per heavy atom. The first-order chi connectivity index (χ1) is 8.63. The Bertz CT molecular complexity index is 333. The normalized spacial score (nSPS) is 12.7. The molecule has 0 radical (unpaired) electrons. The van der Waals surface area contributed by atoms with Crippen LogP contribution in [-0.4, -0.2) is 17.4 Å². The summed E-state index contributed by atoms with van der Waals surface area (Å²) in [5, 5.41) is 2.93. The lowest BCUT2D eigenvalue weighted by Gasteiger charge is -2.19. The first-order valence-corrected chi connectivity index (χ1v) is 6.72. The number of rotatable bonds is 8. The van der Waals surface area contributed by atoms with Crippen molar-refractivity contribution in [2.24, 2.45) is 17.6 Å². The Morgan fingerprint density at radius 3 is 2.78 bits per heavy atom. The van der Waals surface area contributed by atoms with Gasteiger partial charge in [0.05, 0.1) is 0 Å². The fraction of sp³-hybridized carbons (Fsp3) is 0.643. The predicted molar refractivity (Wildman–Crippen MR) is 73.9 cm³/mol. The summed E-state index contributed by atoms with van der Waals surface area (Å²) < 4.78 is 0. The monoisotopic (exact) mass is 251 g/mol. The molecule has 0 spiro atoms. The molecule has 4 heteroatoms.